The Hall–Kier alpha value is -3.16. The third-order valence-corrected chi connectivity index (χ3v) is 6.76. The van der Waals surface area contributed by atoms with Crippen LogP contribution in [0.4, 0.5) is 0 Å². The van der Waals surface area contributed by atoms with E-state index in [1.54, 1.807) is 17.1 Å². The number of pyridine rings is 1. The van der Waals surface area contributed by atoms with Crippen LogP contribution in [0.25, 0.3) is 22.2 Å². The van der Waals surface area contributed by atoms with Crippen molar-refractivity contribution in [3.05, 3.63) is 35.7 Å². The molecule has 8 nitrogen and oxygen atoms in total. The van der Waals surface area contributed by atoms with Gasteiger partial charge in [0.25, 0.3) is 0 Å². The predicted octanol–water partition coefficient (Wildman–Crippen LogP) is 3.11. The minimum absolute atomic E-state index is 0.0497. The summed E-state index contributed by atoms with van der Waals surface area (Å²) in [6.45, 7) is 9.67. The van der Waals surface area contributed by atoms with E-state index in [2.05, 4.69) is 28.9 Å². The van der Waals surface area contributed by atoms with E-state index in [1.807, 2.05) is 24.8 Å². The van der Waals surface area contributed by atoms with Gasteiger partial charge in [0.15, 0.2) is 5.78 Å². The highest BCUT2D eigenvalue weighted by Crippen LogP contribution is 2.59. The van der Waals surface area contributed by atoms with Gasteiger partial charge < -0.3 is 4.90 Å². The number of likely N-dealkylation sites (tertiary alicyclic amines) is 1. The molecule has 0 N–H and O–H groups in total. The molecule has 4 heterocycles. The third kappa shape index (κ3) is 3.12. The summed E-state index contributed by atoms with van der Waals surface area (Å²) in [5.41, 5.74) is 3.52. The molecule has 2 fully saturated rings. The molecule has 0 bridgehead atoms. The van der Waals surface area contributed by atoms with E-state index in [-0.39, 0.29) is 29.7 Å². The average molecular weight is 419 g/mol. The molecule has 3 atom stereocenters. The van der Waals surface area contributed by atoms with Gasteiger partial charge in [0.1, 0.15) is 18.1 Å². The molecule has 3 aromatic rings. The maximum absolute atomic E-state index is 13.2. The molecule has 5 rings (SSSR count). The molecule has 0 spiro atoms. The lowest BCUT2D eigenvalue weighted by Gasteiger charge is -2.24. The van der Waals surface area contributed by atoms with Crippen LogP contribution in [0.1, 0.15) is 55.6 Å². The van der Waals surface area contributed by atoms with Crippen LogP contribution >= 0.6 is 0 Å². The van der Waals surface area contributed by atoms with E-state index in [0.29, 0.717) is 34.3 Å². The molecular weight excluding hydrogens is 392 g/mol. The van der Waals surface area contributed by atoms with E-state index in [1.165, 1.54) is 6.92 Å². The Bertz CT molecular complexity index is 1230. The fourth-order valence-corrected chi connectivity index (χ4v) is 5.19. The second-order valence-electron chi connectivity index (χ2n) is 9.30. The van der Waals surface area contributed by atoms with Crippen LogP contribution in [0.5, 0.6) is 0 Å². The Kier molecular flexibility index (Phi) is 4.26. The maximum atomic E-state index is 13.2. The van der Waals surface area contributed by atoms with Crippen molar-refractivity contribution >= 4 is 22.6 Å². The summed E-state index contributed by atoms with van der Waals surface area (Å²) in [7, 11) is 0. The van der Waals surface area contributed by atoms with Gasteiger partial charge in [-0.3, -0.25) is 19.3 Å². The van der Waals surface area contributed by atoms with E-state index < -0.39 is 0 Å². The third-order valence-electron chi connectivity index (χ3n) is 6.76. The topological polar surface area (TPSA) is 93.9 Å². The van der Waals surface area contributed by atoms with Crippen LogP contribution in [0, 0.1) is 19.3 Å². The lowest BCUT2D eigenvalue weighted by Crippen LogP contribution is -2.39. The van der Waals surface area contributed by atoms with Crippen LogP contribution in [0.3, 0.4) is 0 Å². The Balaban J connectivity index is 1.55. The van der Waals surface area contributed by atoms with Gasteiger partial charge in [0, 0.05) is 42.4 Å². The molecule has 1 aliphatic heterocycles. The Morgan fingerprint density at radius 3 is 2.52 bits per heavy atom. The average Bonchev–Trinajstić information content (AvgIpc) is 3.07. The summed E-state index contributed by atoms with van der Waals surface area (Å²) < 4.78 is 1.65. The van der Waals surface area contributed by atoms with Gasteiger partial charge in [0.05, 0.1) is 16.9 Å². The molecule has 3 aromatic heterocycles. The van der Waals surface area contributed by atoms with Crippen LogP contribution in [-0.2, 0) is 11.3 Å². The van der Waals surface area contributed by atoms with E-state index in [4.69, 9.17) is 4.98 Å². The highest BCUT2D eigenvalue weighted by Gasteiger charge is 2.61. The number of ketones is 1. The van der Waals surface area contributed by atoms with Crippen LogP contribution < -0.4 is 0 Å². The van der Waals surface area contributed by atoms with Gasteiger partial charge in [-0.15, -0.1) is 0 Å². The molecule has 2 aliphatic rings. The van der Waals surface area contributed by atoms with E-state index in [0.717, 1.165) is 23.9 Å². The second kappa shape index (κ2) is 6.67. The molecular formula is C23H26N6O2. The molecule has 0 aromatic carbocycles. The summed E-state index contributed by atoms with van der Waals surface area (Å²) in [6, 6.07) is 2.41. The summed E-state index contributed by atoms with van der Waals surface area (Å²) >= 11 is 0. The normalized spacial score (nSPS) is 24.5. The molecule has 31 heavy (non-hydrogen) atoms. The Labute approximate surface area is 180 Å². The van der Waals surface area contributed by atoms with Gasteiger partial charge in [-0.25, -0.2) is 9.97 Å². The van der Waals surface area contributed by atoms with Crippen molar-refractivity contribution in [1.29, 1.82) is 0 Å². The Morgan fingerprint density at radius 2 is 1.90 bits per heavy atom. The molecule has 1 amide bonds. The fraction of sp³-hybridized carbons (Fsp3) is 0.478. The lowest BCUT2D eigenvalue weighted by molar-refractivity contribution is -0.133. The van der Waals surface area contributed by atoms with Gasteiger partial charge in [-0.2, -0.15) is 5.10 Å². The molecule has 1 aliphatic carbocycles. The maximum Gasteiger partial charge on any atom is 0.244 e. The Morgan fingerprint density at radius 1 is 1.19 bits per heavy atom. The summed E-state index contributed by atoms with van der Waals surface area (Å²) in [6.07, 6.45) is 5.56. The van der Waals surface area contributed by atoms with Gasteiger partial charge in [-0.1, -0.05) is 6.92 Å². The van der Waals surface area contributed by atoms with Crippen LogP contribution in [0.15, 0.2) is 18.5 Å². The van der Waals surface area contributed by atoms with Crippen molar-refractivity contribution in [2.45, 2.75) is 66.1 Å². The van der Waals surface area contributed by atoms with Crippen molar-refractivity contribution in [1.82, 2.24) is 29.6 Å². The second-order valence-corrected chi connectivity index (χ2v) is 9.30. The number of nitrogens with zero attached hydrogens (tertiary/aromatic N) is 6. The monoisotopic (exact) mass is 418 g/mol. The molecule has 1 saturated carbocycles. The number of piperidine rings is 1. The zero-order valence-electron chi connectivity index (χ0n) is 18.5. The predicted molar refractivity (Wildman–Crippen MR) is 115 cm³/mol. The number of Topliss-reactive ketones (excluding diaryl/α,β-unsaturated/α-hetero) is 1. The first-order valence-corrected chi connectivity index (χ1v) is 10.7. The van der Waals surface area contributed by atoms with E-state index >= 15 is 0 Å². The minimum atomic E-state index is -0.141. The first-order valence-electron chi connectivity index (χ1n) is 10.7. The largest absolute Gasteiger partial charge is 0.335 e. The van der Waals surface area contributed by atoms with Crippen molar-refractivity contribution in [2.75, 3.05) is 0 Å². The SMILES string of the molecule is CC(=O)c1nn(CC(=O)N2C3C[C@]3(C)C[C@H]2C)c2c(C)nc(-c3cnc(C)nc3)cc12. The fourth-order valence-electron chi connectivity index (χ4n) is 5.19. The highest BCUT2D eigenvalue weighted by atomic mass is 16.2. The molecule has 160 valence electrons. The van der Waals surface area contributed by atoms with Gasteiger partial charge >= 0.3 is 0 Å². The zero-order chi connectivity index (χ0) is 22.1. The molecule has 1 saturated heterocycles. The number of fused-ring (bicyclic) bond motifs is 2. The first-order chi connectivity index (χ1) is 14.7. The highest BCUT2D eigenvalue weighted by molar-refractivity contribution is 6.06. The van der Waals surface area contributed by atoms with Crippen LogP contribution in [0.2, 0.25) is 0 Å². The van der Waals surface area contributed by atoms with Crippen molar-refractivity contribution in [2.24, 2.45) is 5.41 Å². The standard InChI is InChI=1S/C23H26N6O2/c1-12-7-23(5)8-19(23)29(12)20(31)11-28-22-13(2)26-18(16-9-24-15(4)25-10-16)6-17(22)21(27-28)14(3)30/h6,9-10,12,19H,7-8,11H2,1-5H3/t12-,19?,23+/m1/s1. The van der Waals surface area contributed by atoms with Gasteiger partial charge in [-0.05, 0) is 45.1 Å². The number of amides is 1. The van der Waals surface area contributed by atoms with Crippen molar-refractivity contribution in [3.8, 4) is 11.3 Å². The lowest BCUT2D eigenvalue weighted by atomic mass is 10.0. The minimum Gasteiger partial charge on any atom is -0.335 e. The summed E-state index contributed by atoms with van der Waals surface area (Å²) in [5.74, 6) is 0.589. The van der Waals surface area contributed by atoms with Crippen molar-refractivity contribution in [3.63, 3.8) is 0 Å². The molecule has 0 radical (unpaired) electrons. The smallest absolute Gasteiger partial charge is 0.244 e. The first kappa shape index (κ1) is 19.8. The summed E-state index contributed by atoms with van der Waals surface area (Å²) in [4.78, 5) is 40.8. The number of rotatable bonds is 4. The molecule has 1 unspecified atom stereocenters. The number of aromatic nitrogens is 5. The van der Waals surface area contributed by atoms with Gasteiger partial charge in [0.2, 0.25) is 5.91 Å². The number of carbonyl (C=O) groups is 2. The van der Waals surface area contributed by atoms with Crippen molar-refractivity contribution < 1.29 is 9.59 Å². The zero-order valence-corrected chi connectivity index (χ0v) is 18.5. The number of hydrogen-bond donors (Lipinski definition) is 0. The summed E-state index contributed by atoms with van der Waals surface area (Å²) in [5, 5.41) is 5.24. The van der Waals surface area contributed by atoms with E-state index in [9.17, 15) is 9.59 Å². The number of hydrogen-bond acceptors (Lipinski definition) is 6. The van der Waals surface area contributed by atoms with Crippen LogP contribution in [-0.4, -0.2) is 53.4 Å². The number of aryl methyl sites for hydroxylation is 2. The number of carbonyl (C=O) groups excluding carboxylic acids is 2. The quantitative estimate of drug-likeness (QED) is 0.605. The molecule has 8 heteroatoms.